The minimum Gasteiger partial charge on any atom is -0.497 e. The molecule has 72 heavy (non-hydrogen) atoms. The van der Waals surface area contributed by atoms with Gasteiger partial charge in [-0.05, 0) is 94.2 Å². The molecule has 2 aliphatic rings. The van der Waals surface area contributed by atoms with E-state index in [2.05, 4.69) is 16.0 Å². The first-order chi connectivity index (χ1) is 33.6. The van der Waals surface area contributed by atoms with E-state index in [9.17, 15) is 53.4 Å². The van der Waals surface area contributed by atoms with Gasteiger partial charge in [0.15, 0.2) is 11.9 Å². The van der Waals surface area contributed by atoms with E-state index < -0.39 is 132 Å². The van der Waals surface area contributed by atoms with Crippen LogP contribution in [0, 0.1) is 29.6 Å². The topological polar surface area (TPSA) is 268 Å². The van der Waals surface area contributed by atoms with E-state index in [4.69, 9.17) is 14.2 Å². The highest BCUT2D eigenvalue weighted by molar-refractivity contribution is 6.05. The molecule has 11 atom stereocenters. The van der Waals surface area contributed by atoms with Crippen LogP contribution in [0.5, 0.6) is 5.75 Å². The lowest BCUT2D eigenvalue weighted by molar-refractivity contribution is -0.163. The summed E-state index contributed by atoms with van der Waals surface area (Å²) in [4.78, 5) is 131. The molecule has 11 unspecified atom stereocenters. The van der Waals surface area contributed by atoms with Gasteiger partial charge in [-0.2, -0.15) is 0 Å². The zero-order valence-electron chi connectivity index (χ0n) is 44.8. The van der Waals surface area contributed by atoms with E-state index in [1.54, 1.807) is 52.0 Å². The molecule has 5 N–H and O–H groups in total. The average Bonchev–Trinajstić information content (AvgIpc) is 3.80. The molecule has 0 aromatic heterocycles. The van der Waals surface area contributed by atoms with Gasteiger partial charge in [0.25, 0.3) is 5.91 Å². The normalized spacial score (nSPS) is 26.7. The number of ether oxygens (including phenoxy) is 3. The first kappa shape index (κ1) is 60.7. The molecule has 0 bridgehead atoms. The predicted octanol–water partition coefficient (Wildman–Crippen LogP) is 2.33. The van der Waals surface area contributed by atoms with Crippen molar-refractivity contribution in [3.8, 4) is 5.75 Å². The number of aliphatic hydroxyl groups is 2. The molecule has 2 aliphatic heterocycles. The predicted molar refractivity (Wildman–Crippen MR) is 265 cm³/mol. The van der Waals surface area contributed by atoms with Crippen LogP contribution in [0.4, 0.5) is 0 Å². The van der Waals surface area contributed by atoms with Crippen molar-refractivity contribution in [1.82, 2.24) is 30.7 Å². The summed E-state index contributed by atoms with van der Waals surface area (Å²) in [5, 5.41) is 30.0. The monoisotopic (exact) mass is 1010 g/mol. The number of hydrogen-bond acceptors (Lipinski definition) is 14. The Bertz CT molecular complexity index is 2060. The number of Topliss-reactive ketones (excluding diaryl/α,β-unsaturated/α-hetero) is 1. The number of fused-ring (bicyclic) bond motifs is 1. The highest BCUT2D eigenvalue weighted by atomic mass is 16.6. The highest BCUT2D eigenvalue weighted by Gasteiger charge is 2.44. The van der Waals surface area contributed by atoms with Gasteiger partial charge in [0, 0.05) is 27.1 Å². The molecule has 2 saturated heterocycles. The Labute approximate surface area is 425 Å². The minimum atomic E-state index is -1.72. The van der Waals surface area contributed by atoms with Crippen LogP contribution in [0.2, 0.25) is 0 Å². The summed E-state index contributed by atoms with van der Waals surface area (Å²) >= 11 is 0. The van der Waals surface area contributed by atoms with Crippen LogP contribution >= 0.6 is 0 Å². The molecular formula is C52H82N6O14. The summed E-state index contributed by atoms with van der Waals surface area (Å²) < 4.78 is 17.1. The first-order valence-corrected chi connectivity index (χ1v) is 25.3. The van der Waals surface area contributed by atoms with Gasteiger partial charge < -0.3 is 55.1 Å². The maximum absolute atomic E-state index is 14.8. The molecule has 404 valence electrons. The Hall–Kier alpha value is -5.63. The number of aliphatic hydroxyl groups excluding tert-OH is 2. The summed E-state index contributed by atoms with van der Waals surface area (Å²) in [6.07, 6.45) is -5.91. The number of benzene rings is 1. The Balaban J connectivity index is 2.28. The first-order valence-electron chi connectivity index (χ1n) is 25.3. The molecule has 2 heterocycles. The summed E-state index contributed by atoms with van der Waals surface area (Å²) in [5.41, 5.74) is 0.582. The lowest BCUT2D eigenvalue weighted by Gasteiger charge is -2.35. The zero-order chi connectivity index (χ0) is 54.5. The van der Waals surface area contributed by atoms with Crippen LogP contribution in [-0.2, 0) is 59.0 Å². The second kappa shape index (κ2) is 27.4. The van der Waals surface area contributed by atoms with Crippen LogP contribution < -0.4 is 20.7 Å². The van der Waals surface area contributed by atoms with Crippen molar-refractivity contribution in [2.45, 2.75) is 182 Å². The van der Waals surface area contributed by atoms with Crippen LogP contribution in [-0.4, -0.2) is 166 Å². The molecule has 0 aliphatic carbocycles. The maximum Gasteiger partial charge on any atom is 0.329 e. The van der Waals surface area contributed by atoms with Crippen molar-refractivity contribution in [2.75, 3.05) is 27.7 Å². The number of carbonyl (C=O) groups excluding carboxylic acids is 9. The van der Waals surface area contributed by atoms with Crippen molar-refractivity contribution < 1.29 is 67.6 Å². The Morgan fingerprint density at radius 1 is 0.861 bits per heavy atom. The molecule has 0 radical (unpaired) electrons. The quantitative estimate of drug-likeness (QED) is 0.132. The van der Waals surface area contributed by atoms with E-state index in [1.165, 1.54) is 51.8 Å². The van der Waals surface area contributed by atoms with Gasteiger partial charge in [0.05, 0.1) is 31.6 Å². The van der Waals surface area contributed by atoms with E-state index in [-0.39, 0.29) is 56.4 Å². The number of amides is 6. The molecule has 20 heteroatoms. The van der Waals surface area contributed by atoms with Crippen LogP contribution in [0.15, 0.2) is 24.3 Å². The number of nitrogens with one attached hydrogen (secondary N) is 3. The summed E-state index contributed by atoms with van der Waals surface area (Å²) in [6, 6.07) is -1.02. The number of methoxy groups -OCH3 is 1. The van der Waals surface area contributed by atoms with Gasteiger partial charge in [0.1, 0.15) is 48.2 Å². The number of hydrogen-bond donors (Lipinski definition) is 5. The van der Waals surface area contributed by atoms with Gasteiger partial charge >= 0.3 is 11.9 Å². The van der Waals surface area contributed by atoms with Crippen molar-refractivity contribution >= 4 is 53.2 Å². The van der Waals surface area contributed by atoms with Crippen molar-refractivity contribution in [3.05, 3.63) is 29.8 Å². The fourth-order valence-electron chi connectivity index (χ4n) is 9.03. The van der Waals surface area contributed by atoms with E-state index >= 15 is 0 Å². The van der Waals surface area contributed by atoms with Gasteiger partial charge in [-0.25, -0.2) is 4.79 Å². The Kier molecular flexibility index (Phi) is 23.1. The lowest BCUT2D eigenvalue weighted by Crippen LogP contribution is -2.61. The SMILES string of the molecule is COc1ccc(CC2C(=O)OC(C)C(NC(=O)C(CC(C)C)N(C)C(=O)C(C)O)C(=O)NC(CC(C)C)C(O)CC(=O)OC(C(C)C)C(=O)C(C)C(=O)NC(CC(C)C)C(=O)N3CCCC3C(=O)N2C)cc1. The van der Waals surface area contributed by atoms with Crippen molar-refractivity contribution in [2.24, 2.45) is 29.6 Å². The summed E-state index contributed by atoms with van der Waals surface area (Å²) in [5.74, 6) is -9.28. The van der Waals surface area contributed by atoms with E-state index in [0.29, 0.717) is 17.7 Å². The number of likely N-dealkylation sites (N-methyl/N-ethyl adjacent to an activating group) is 2. The third kappa shape index (κ3) is 16.7. The van der Waals surface area contributed by atoms with Gasteiger partial charge in [-0.15, -0.1) is 0 Å². The molecule has 20 nitrogen and oxygen atoms in total. The number of esters is 2. The molecule has 1 aromatic rings. The fourth-order valence-corrected chi connectivity index (χ4v) is 9.03. The van der Waals surface area contributed by atoms with Gasteiger partial charge in [-0.3, -0.25) is 38.4 Å². The maximum atomic E-state index is 14.8. The Morgan fingerprint density at radius 2 is 1.47 bits per heavy atom. The second-order valence-electron chi connectivity index (χ2n) is 21.1. The number of carbonyl (C=O) groups is 9. The standard InChI is InChI=1S/C52H82N6O14/c1-27(2)22-36-41(60)26-42(61)72-45(30(7)8)44(62)31(9)46(63)54-37(23-28(3)4)50(67)58-21-15-16-38(58)51(68)57(13)40(25-34-17-19-35(70-14)20-18-34)52(69)71-33(11)43(48(65)53-36)55-47(64)39(24-29(5)6)56(12)49(66)32(10)59/h17-20,27-33,36-41,43,45,59-60H,15-16,21-26H2,1-14H3,(H,53,65)(H,54,63)(H,55,64). The number of rotatable bonds is 14. The third-order valence-electron chi connectivity index (χ3n) is 13.2. The van der Waals surface area contributed by atoms with Gasteiger partial charge in [0.2, 0.25) is 29.5 Å². The van der Waals surface area contributed by atoms with Crippen molar-refractivity contribution in [3.63, 3.8) is 0 Å². The molecule has 0 spiro atoms. The number of nitrogens with zero attached hydrogens (tertiary/aromatic N) is 3. The highest BCUT2D eigenvalue weighted by Crippen LogP contribution is 2.26. The second-order valence-corrected chi connectivity index (χ2v) is 21.1. The molecule has 2 fully saturated rings. The average molecular weight is 1020 g/mol. The van der Waals surface area contributed by atoms with Crippen molar-refractivity contribution in [1.29, 1.82) is 0 Å². The molecule has 3 rings (SSSR count). The number of ketones is 1. The lowest BCUT2D eigenvalue weighted by atomic mass is 9.92. The zero-order valence-corrected chi connectivity index (χ0v) is 44.8. The minimum absolute atomic E-state index is 0.0889. The number of cyclic esters (lactones) is 2. The van der Waals surface area contributed by atoms with E-state index in [1.807, 2.05) is 27.7 Å². The molecule has 0 saturated carbocycles. The largest absolute Gasteiger partial charge is 0.497 e. The van der Waals surface area contributed by atoms with Crippen LogP contribution in [0.1, 0.15) is 120 Å². The van der Waals surface area contributed by atoms with Crippen LogP contribution in [0.25, 0.3) is 0 Å². The Morgan fingerprint density at radius 3 is 2.01 bits per heavy atom. The molecule has 6 amide bonds. The molecular weight excluding hydrogens is 933 g/mol. The summed E-state index contributed by atoms with van der Waals surface area (Å²) in [7, 11) is 4.23. The third-order valence-corrected chi connectivity index (χ3v) is 13.2. The van der Waals surface area contributed by atoms with E-state index in [0.717, 1.165) is 4.90 Å². The van der Waals surface area contributed by atoms with Gasteiger partial charge in [-0.1, -0.05) is 67.5 Å². The smallest absolute Gasteiger partial charge is 0.329 e. The summed E-state index contributed by atoms with van der Waals surface area (Å²) in [6.45, 7) is 18.3. The molecule has 1 aromatic carbocycles. The fraction of sp³-hybridized carbons (Fsp3) is 0.712. The van der Waals surface area contributed by atoms with Crippen LogP contribution in [0.3, 0.4) is 0 Å².